The minimum Gasteiger partial charge on any atom is -0.302 e. The molecule has 0 amide bonds. The maximum absolute atomic E-state index is 10.4. The number of rotatable bonds is 8. The normalized spacial score (nSPS) is 14.3. The molecule has 0 saturated carbocycles. The summed E-state index contributed by atoms with van der Waals surface area (Å²) in [6.45, 7) is 4.12. The molecule has 1 unspecified atom stereocenters. The molecule has 2 N–H and O–H groups in total. The molecule has 4 nitrogen and oxygen atoms in total. The average molecular weight is 242 g/mol. The summed E-state index contributed by atoms with van der Waals surface area (Å²) in [5, 5.41) is 0.189. The summed E-state index contributed by atoms with van der Waals surface area (Å²) < 4.78 is 14.8. The van der Waals surface area contributed by atoms with E-state index in [-0.39, 0.29) is 5.25 Å². The second-order valence-electron chi connectivity index (χ2n) is 3.19. The Balaban J connectivity index is 3.63. The SMILES string of the molecule is CCCCCC(CC)SOP(=O)(O)O. The van der Waals surface area contributed by atoms with E-state index < -0.39 is 7.82 Å². The van der Waals surface area contributed by atoms with Gasteiger partial charge in [-0.05, 0) is 12.8 Å². The number of phosphoric acid groups is 1. The van der Waals surface area contributed by atoms with E-state index in [0.717, 1.165) is 44.1 Å². The second-order valence-corrected chi connectivity index (χ2v) is 5.62. The molecule has 0 spiro atoms. The van der Waals surface area contributed by atoms with Crippen molar-refractivity contribution in [1.82, 2.24) is 0 Å². The third-order valence-electron chi connectivity index (χ3n) is 1.86. The maximum Gasteiger partial charge on any atom is 0.480 e. The molecule has 0 saturated heterocycles. The van der Waals surface area contributed by atoms with E-state index >= 15 is 0 Å². The van der Waals surface area contributed by atoms with Crippen molar-refractivity contribution in [3.8, 4) is 0 Å². The van der Waals surface area contributed by atoms with Gasteiger partial charge in [0.05, 0.1) is 0 Å². The van der Waals surface area contributed by atoms with Crippen molar-refractivity contribution < 1.29 is 18.3 Å². The van der Waals surface area contributed by atoms with Crippen LogP contribution in [0, 0.1) is 0 Å². The molecule has 0 radical (unpaired) electrons. The number of unbranched alkanes of at least 4 members (excludes halogenated alkanes) is 2. The van der Waals surface area contributed by atoms with Crippen molar-refractivity contribution >= 4 is 19.9 Å². The molecule has 0 aromatic carbocycles. The molecule has 1 atom stereocenters. The Labute approximate surface area is 89.9 Å². The van der Waals surface area contributed by atoms with Gasteiger partial charge in [-0.15, -0.1) is 0 Å². The molecule has 0 aliphatic rings. The van der Waals surface area contributed by atoms with Gasteiger partial charge in [0.1, 0.15) is 0 Å². The lowest BCUT2D eigenvalue weighted by Gasteiger charge is -2.13. The van der Waals surface area contributed by atoms with Crippen molar-refractivity contribution in [3.05, 3.63) is 0 Å². The first-order valence-corrected chi connectivity index (χ1v) is 7.23. The Hall–Kier alpha value is 0.460. The summed E-state index contributed by atoms with van der Waals surface area (Å²) >= 11 is 0.916. The zero-order valence-corrected chi connectivity index (χ0v) is 10.4. The van der Waals surface area contributed by atoms with Gasteiger partial charge in [0.15, 0.2) is 0 Å². The Kier molecular flexibility index (Phi) is 7.97. The molecule has 0 heterocycles. The van der Waals surface area contributed by atoms with Gasteiger partial charge in [-0.2, -0.15) is 0 Å². The van der Waals surface area contributed by atoms with Crippen LogP contribution in [0.5, 0.6) is 0 Å². The van der Waals surface area contributed by atoms with Crippen LogP contribution in [-0.4, -0.2) is 15.0 Å². The first-order valence-electron chi connectivity index (χ1n) is 4.90. The summed E-state index contributed by atoms with van der Waals surface area (Å²) in [6.07, 6.45) is 5.23. The molecule has 0 aliphatic carbocycles. The van der Waals surface area contributed by atoms with Crippen LogP contribution in [0.3, 0.4) is 0 Å². The Morgan fingerprint density at radius 1 is 1.36 bits per heavy atom. The minimum atomic E-state index is -4.31. The molecule has 0 aromatic heterocycles. The molecule has 14 heavy (non-hydrogen) atoms. The van der Waals surface area contributed by atoms with Crippen molar-refractivity contribution in [2.75, 3.05) is 0 Å². The van der Waals surface area contributed by atoms with Crippen molar-refractivity contribution in [3.63, 3.8) is 0 Å². The van der Waals surface area contributed by atoms with E-state index in [2.05, 4.69) is 10.9 Å². The smallest absolute Gasteiger partial charge is 0.302 e. The van der Waals surface area contributed by atoms with Crippen LogP contribution in [0.2, 0.25) is 0 Å². The minimum absolute atomic E-state index is 0.189. The van der Waals surface area contributed by atoms with Crippen LogP contribution in [0.25, 0.3) is 0 Å². The highest BCUT2D eigenvalue weighted by Crippen LogP contribution is 2.43. The number of hydrogen-bond donors (Lipinski definition) is 2. The molecule has 0 fully saturated rings. The van der Waals surface area contributed by atoms with Crippen molar-refractivity contribution in [2.24, 2.45) is 0 Å². The van der Waals surface area contributed by atoms with Crippen LogP contribution in [0.1, 0.15) is 46.0 Å². The third kappa shape index (κ3) is 9.03. The summed E-state index contributed by atoms with van der Waals surface area (Å²) in [7, 11) is -4.31. The van der Waals surface area contributed by atoms with E-state index in [4.69, 9.17) is 9.79 Å². The van der Waals surface area contributed by atoms with Gasteiger partial charge < -0.3 is 9.79 Å². The van der Waals surface area contributed by atoms with Crippen LogP contribution in [0.4, 0.5) is 0 Å². The molecule has 0 bridgehead atoms. The van der Waals surface area contributed by atoms with Crippen LogP contribution in [-0.2, 0) is 8.54 Å². The zero-order valence-electron chi connectivity index (χ0n) is 8.68. The molecule has 0 rings (SSSR count). The summed E-state index contributed by atoms with van der Waals surface area (Å²) in [4.78, 5) is 17.0. The van der Waals surface area contributed by atoms with Gasteiger partial charge in [0.2, 0.25) is 0 Å². The largest absolute Gasteiger partial charge is 0.480 e. The Morgan fingerprint density at radius 3 is 2.43 bits per heavy atom. The molecule has 0 aromatic rings. The van der Waals surface area contributed by atoms with E-state index in [9.17, 15) is 4.57 Å². The standard InChI is InChI=1S/C8H19O4PS/c1-3-5-6-7-8(4-2)14-12-13(9,10)11/h8H,3-7H2,1-2H3,(H2,9,10,11). The van der Waals surface area contributed by atoms with E-state index in [1.807, 2.05) is 6.92 Å². The van der Waals surface area contributed by atoms with Crippen molar-refractivity contribution in [2.45, 2.75) is 51.2 Å². The lowest BCUT2D eigenvalue weighted by Crippen LogP contribution is -2.01. The highest BCUT2D eigenvalue weighted by molar-refractivity contribution is 7.98. The van der Waals surface area contributed by atoms with Crippen LogP contribution in [0.15, 0.2) is 0 Å². The lowest BCUT2D eigenvalue weighted by atomic mass is 10.1. The van der Waals surface area contributed by atoms with E-state index in [0.29, 0.717) is 0 Å². The fourth-order valence-electron chi connectivity index (χ4n) is 1.06. The van der Waals surface area contributed by atoms with Gasteiger partial charge in [-0.1, -0.05) is 33.1 Å². The molecular weight excluding hydrogens is 223 g/mol. The number of hydrogen-bond acceptors (Lipinski definition) is 3. The first-order chi connectivity index (χ1) is 6.49. The molecule has 6 heteroatoms. The van der Waals surface area contributed by atoms with E-state index in [1.54, 1.807) is 0 Å². The zero-order chi connectivity index (χ0) is 11.0. The van der Waals surface area contributed by atoms with Gasteiger partial charge in [-0.3, -0.25) is 0 Å². The summed E-state index contributed by atoms with van der Waals surface area (Å²) in [5.74, 6) is 0. The second kappa shape index (κ2) is 7.71. The van der Waals surface area contributed by atoms with E-state index in [1.165, 1.54) is 0 Å². The topological polar surface area (TPSA) is 66.8 Å². The molecule has 86 valence electrons. The van der Waals surface area contributed by atoms with Gasteiger partial charge in [0.25, 0.3) is 0 Å². The van der Waals surface area contributed by atoms with Gasteiger partial charge >= 0.3 is 7.82 Å². The maximum atomic E-state index is 10.4. The predicted octanol–water partition coefficient (Wildman–Crippen LogP) is 3.10. The van der Waals surface area contributed by atoms with Gasteiger partial charge in [-0.25, -0.2) is 8.54 Å². The third-order valence-corrected chi connectivity index (χ3v) is 3.82. The quantitative estimate of drug-likeness (QED) is 0.389. The molecular formula is C8H19O4PS. The average Bonchev–Trinajstić information content (AvgIpc) is 2.09. The predicted molar refractivity (Wildman–Crippen MR) is 58.9 cm³/mol. The Morgan fingerprint density at radius 2 is 2.00 bits per heavy atom. The summed E-state index contributed by atoms with van der Waals surface area (Å²) in [6, 6.07) is 0. The highest BCUT2D eigenvalue weighted by Gasteiger charge is 2.18. The highest BCUT2D eigenvalue weighted by atomic mass is 32.2. The lowest BCUT2D eigenvalue weighted by molar-refractivity contribution is 0.297. The fraction of sp³-hybridized carbons (Fsp3) is 1.00. The van der Waals surface area contributed by atoms with Crippen molar-refractivity contribution in [1.29, 1.82) is 0 Å². The summed E-state index contributed by atoms with van der Waals surface area (Å²) in [5.41, 5.74) is 0. The Bertz CT molecular complexity index is 182. The van der Waals surface area contributed by atoms with Crippen LogP contribution < -0.4 is 0 Å². The fourth-order valence-corrected chi connectivity index (χ4v) is 2.39. The van der Waals surface area contributed by atoms with Gasteiger partial charge in [0, 0.05) is 17.3 Å². The monoisotopic (exact) mass is 242 g/mol. The molecule has 0 aliphatic heterocycles. The van der Waals surface area contributed by atoms with Crippen LogP contribution >= 0.6 is 19.9 Å². The first kappa shape index (κ1) is 14.5.